The van der Waals surface area contributed by atoms with Crippen LogP contribution in [-0.2, 0) is 13.0 Å². The van der Waals surface area contributed by atoms with Crippen molar-refractivity contribution >= 4 is 11.6 Å². The zero-order valence-electron chi connectivity index (χ0n) is 12.8. The van der Waals surface area contributed by atoms with E-state index in [4.69, 9.17) is 16.3 Å². The van der Waals surface area contributed by atoms with Crippen LogP contribution in [0, 0.1) is 5.82 Å². The maximum atomic E-state index is 13.0. The minimum absolute atomic E-state index is 0.149. The second kappa shape index (κ2) is 7.30. The van der Waals surface area contributed by atoms with Gasteiger partial charge in [0.2, 0.25) is 0 Å². The summed E-state index contributed by atoms with van der Waals surface area (Å²) in [4.78, 5) is 1.34. The molecular weight excluding hydrogens is 317 g/mol. The molecule has 0 aromatic heterocycles. The van der Waals surface area contributed by atoms with E-state index in [1.54, 1.807) is 0 Å². The third kappa shape index (κ3) is 4.22. The summed E-state index contributed by atoms with van der Waals surface area (Å²) in [5.74, 6) is -0.00886. The van der Waals surface area contributed by atoms with Gasteiger partial charge in [0.15, 0.2) is 0 Å². The topological polar surface area (TPSA) is 33.9 Å². The fourth-order valence-corrected chi connectivity index (χ4v) is 3.21. The Hall–Kier alpha value is -1.62. The molecule has 1 aliphatic rings. The van der Waals surface area contributed by atoms with Crippen LogP contribution >= 0.6 is 11.6 Å². The fraction of sp³-hybridized carbons (Fsp3) is 0.333. The summed E-state index contributed by atoms with van der Waals surface area (Å²) in [7, 11) is 0. The van der Waals surface area contributed by atoms with E-state index in [9.17, 15) is 9.50 Å². The lowest BCUT2D eigenvalue weighted by atomic mass is 10.00. The van der Waals surface area contributed by atoms with Crippen LogP contribution < -0.4 is 9.64 Å². The van der Waals surface area contributed by atoms with Gasteiger partial charge < -0.3 is 14.7 Å². The van der Waals surface area contributed by atoms with Crippen molar-refractivity contribution in [1.29, 1.82) is 0 Å². The molecule has 1 heterocycles. The van der Waals surface area contributed by atoms with Crippen LogP contribution in [0.15, 0.2) is 42.5 Å². The van der Waals surface area contributed by atoms with Crippen molar-refractivity contribution in [2.24, 2.45) is 0 Å². The third-order valence-corrected chi connectivity index (χ3v) is 4.45. The van der Waals surface area contributed by atoms with E-state index < -0.39 is 11.9 Å². The van der Waals surface area contributed by atoms with Crippen LogP contribution in [0.2, 0.25) is 5.02 Å². The summed E-state index contributed by atoms with van der Waals surface area (Å²) >= 11 is 5.91. The van der Waals surface area contributed by atoms with Gasteiger partial charge in [0.1, 0.15) is 37.4 Å². The zero-order chi connectivity index (χ0) is 16.2. The van der Waals surface area contributed by atoms with Gasteiger partial charge >= 0.3 is 0 Å². The largest absolute Gasteiger partial charge is 0.489 e. The Bertz CT molecular complexity index is 680. The van der Waals surface area contributed by atoms with Gasteiger partial charge in [-0.1, -0.05) is 35.9 Å². The lowest BCUT2D eigenvalue weighted by Crippen LogP contribution is -3.13. The molecule has 0 saturated heterocycles. The number of benzene rings is 2. The first-order chi connectivity index (χ1) is 11.1. The molecule has 3 rings (SSSR count). The molecule has 5 heteroatoms. The molecule has 3 nitrogen and oxygen atoms in total. The molecule has 23 heavy (non-hydrogen) atoms. The van der Waals surface area contributed by atoms with Crippen molar-refractivity contribution in [1.82, 2.24) is 0 Å². The highest BCUT2D eigenvalue weighted by molar-refractivity contribution is 6.32. The van der Waals surface area contributed by atoms with Gasteiger partial charge in [-0.2, -0.15) is 0 Å². The van der Waals surface area contributed by atoms with E-state index in [0.29, 0.717) is 12.3 Å². The molecule has 2 atom stereocenters. The van der Waals surface area contributed by atoms with E-state index in [1.807, 2.05) is 0 Å². The molecular formula is C18H20ClFNO2+. The quantitative estimate of drug-likeness (QED) is 0.874. The minimum Gasteiger partial charge on any atom is -0.489 e. The highest BCUT2D eigenvalue weighted by atomic mass is 35.5. The van der Waals surface area contributed by atoms with Crippen molar-refractivity contribution in [3.8, 4) is 5.75 Å². The SMILES string of the molecule is O[C@H](COc1ccc(F)cc1Cl)C[NH+]1CCc2ccccc2C1. The van der Waals surface area contributed by atoms with Crippen LogP contribution in [0.4, 0.5) is 4.39 Å². The third-order valence-electron chi connectivity index (χ3n) is 4.16. The standard InChI is InChI=1S/C18H19ClFNO2/c19-17-9-15(20)5-6-18(17)23-12-16(22)11-21-8-7-13-3-1-2-4-14(13)10-21/h1-6,9,16,22H,7-8,10-12H2/p+1/t16-/m0/s1. The zero-order valence-corrected chi connectivity index (χ0v) is 13.5. The van der Waals surface area contributed by atoms with Crippen LogP contribution in [0.25, 0.3) is 0 Å². The van der Waals surface area contributed by atoms with E-state index in [0.717, 1.165) is 19.5 Å². The number of hydrogen-bond donors (Lipinski definition) is 2. The molecule has 122 valence electrons. The first-order valence-electron chi connectivity index (χ1n) is 7.78. The van der Waals surface area contributed by atoms with Crippen molar-refractivity contribution < 1.29 is 19.1 Å². The summed E-state index contributed by atoms with van der Waals surface area (Å²) < 4.78 is 18.5. The summed E-state index contributed by atoms with van der Waals surface area (Å²) in [6, 6.07) is 12.4. The molecule has 2 aromatic carbocycles. The van der Waals surface area contributed by atoms with Gasteiger partial charge in [0.05, 0.1) is 11.6 Å². The first kappa shape index (κ1) is 16.2. The van der Waals surface area contributed by atoms with Crippen molar-refractivity contribution in [2.45, 2.75) is 19.1 Å². The number of halogens is 2. The smallest absolute Gasteiger partial charge is 0.138 e. The number of quaternary nitrogens is 1. The predicted molar refractivity (Wildman–Crippen MR) is 87.5 cm³/mol. The molecule has 0 spiro atoms. The van der Waals surface area contributed by atoms with Gasteiger partial charge in [0.25, 0.3) is 0 Å². The number of rotatable bonds is 5. The Balaban J connectivity index is 1.51. The van der Waals surface area contributed by atoms with Gasteiger partial charge in [0, 0.05) is 12.0 Å². The lowest BCUT2D eigenvalue weighted by Gasteiger charge is -2.27. The average molecular weight is 337 g/mol. The Labute approximate surface area is 140 Å². The molecule has 0 fully saturated rings. The molecule has 0 bridgehead atoms. The monoisotopic (exact) mass is 336 g/mol. The van der Waals surface area contributed by atoms with Crippen LogP contribution in [0.3, 0.4) is 0 Å². The molecule has 1 aliphatic heterocycles. The number of ether oxygens (including phenoxy) is 1. The van der Waals surface area contributed by atoms with E-state index in [1.165, 1.54) is 34.2 Å². The molecule has 0 saturated carbocycles. The van der Waals surface area contributed by atoms with Gasteiger partial charge in [-0.25, -0.2) is 4.39 Å². The van der Waals surface area contributed by atoms with Crippen molar-refractivity contribution in [2.75, 3.05) is 19.7 Å². The number of aliphatic hydroxyl groups is 1. The summed E-state index contributed by atoms with van der Waals surface area (Å²) in [6.07, 6.45) is 0.444. The summed E-state index contributed by atoms with van der Waals surface area (Å²) in [5.41, 5.74) is 2.75. The van der Waals surface area contributed by atoms with Crippen LogP contribution in [-0.4, -0.2) is 30.9 Å². The van der Waals surface area contributed by atoms with Gasteiger partial charge in [-0.15, -0.1) is 0 Å². The Morgan fingerprint density at radius 2 is 2.00 bits per heavy atom. The summed E-state index contributed by atoms with van der Waals surface area (Å²) in [5, 5.41) is 10.4. The maximum absolute atomic E-state index is 13.0. The second-order valence-corrected chi connectivity index (χ2v) is 6.35. The summed E-state index contributed by atoms with van der Waals surface area (Å²) in [6.45, 7) is 2.69. The molecule has 1 unspecified atom stereocenters. The van der Waals surface area contributed by atoms with E-state index >= 15 is 0 Å². The predicted octanol–water partition coefficient (Wildman–Crippen LogP) is 1.86. The van der Waals surface area contributed by atoms with Crippen LogP contribution in [0.5, 0.6) is 5.75 Å². The Kier molecular flexibility index (Phi) is 5.16. The number of aliphatic hydroxyl groups excluding tert-OH is 1. The van der Waals surface area contributed by atoms with Crippen LogP contribution in [0.1, 0.15) is 11.1 Å². The molecule has 0 radical (unpaired) electrons. The van der Waals surface area contributed by atoms with Crippen molar-refractivity contribution in [3.05, 3.63) is 64.4 Å². The van der Waals surface area contributed by atoms with E-state index in [-0.39, 0.29) is 11.6 Å². The van der Waals surface area contributed by atoms with E-state index in [2.05, 4.69) is 24.3 Å². The van der Waals surface area contributed by atoms with Crippen molar-refractivity contribution in [3.63, 3.8) is 0 Å². The molecule has 0 aliphatic carbocycles. The fourth-order valence-electron chi connectivity index (χ4n) is 2.99. The highest BCUT2D eigenvalue weighted by Crippen LogP contribution is 2.24. The molecule has 2 aromatic rings. The lowest BCUT2D eigenvalue weighted by molar-refractivity contribution is -0.918. The number of hydrogen-bond acceptors (Lipinski definition) is 2. The second-order valence-electron chi connectivity index (χ2n) is 5.94. The van der Waals surface area contributed by atoms with Gasteiger partial charge in [-0.05, 0) is 23.8 Å². The normalized spacial score (nSPS) is 18.3. The number of nitrogens with one attached hydrogen (secondary N) is 1. The molecule has 0 amide bonds. The minimum atomic E-state index is -0.587. The Morgan fingerprint density at radius 1 is 1.22 bits per heavy atom. The van der Waals surface area contributed by atoms with Gasteiger partial charge in [-0.3, -0.25) is 0 Å². The number of fused-ring (bicyclic) bond motifs is 1. The Morgan fingerprint density at radius 3 is 2.78 bits per heavy atom. The highest BCUT2D eigenvalue weighted by Gasteiger charge is 2.22. The maximum Gasteiger partial charge on any atom is 0.138 e. The molecule has 2 N–H and O–H groups in total. The average Bonchev–Trinajstić information content (AvgIpc) is 2.54. The first-order valence-corrected chi connectivity index (χ1v) is 8.16.